The summed E-state index contributed by atoms with van der Waals surface area (Å²) in [4.78, 5) is 25.9. The Bertz CT molecular complexity index is 648. The molecule has 0 unspecified atom stereocenters. The largest absolute Gasteiger partial charge is 0.481 e. The number of carboxylic acids is 1. The third kappa shape index (κ3) is 3.36. The molecule has 0 spiro atoms. The van der Waals surface area contributed by atoms with Crippen molar-refractivity contribution in [3.05, 3.63) is 54.1 Å². The Kier molecular flexibility index (Phi) is 4.60. The lowest BCUT2D eigenvalue weighted by Gasteiger charge is -2.33. The molecule has 0 radical (unpaired) electrons. The monoisotopic (exact) mass is 311 g/mol. The van der Waals surface area contributed by atoms with E-state index in [-0.39, 0.29) is 5.91 Å². The van der Waals surface area contributed by atoms with E-state index in [9.17, 15) is 14.7 Å². The molecule has 0 aromatic heterocycles. The summed E-state index contributed by atoms with van der Waals surface area (Å²) < 4.78 is 0. The summed E-state index contributed by atoms with van der Waals surface area (Å²) >= 11 is 0. The van der Waals surface area contributed by atoms with Crippen LogP contribution >= 0.6 is 0 Å². The predicted octanol–water partition coefficient (Wildman–Crippen LogP) is 2.97. The minimum atomic E-state index is -0.870. The van der Waals surface area contributed by atoms with Crippen LogP contribution in [0.1, 0.15) is 24.8 Å². The standard InChI is InChI=1S/C19H21NO3/c21-18(16-8-4-5-9-17(16)19(22)23)20-12-10-15(11-13-20)14-6-2-1-3-7-14/h1-7,10,16-17H,8-9,11-13H2,(H,22,23)/t16-,17+/m0/s1. The van der Waals surface area contributed by atoms with Gasteiger partial charge in [-0.15, -0.1) is 0 Å². The highest BCUT2D eigenvalue weighted by Crippen LogP contribution is 2.29. The molecule has 2 aliphatic rings. The third-order valence-corrected chi connectivity index (χ3v) is 4.73. The van der Waals surface area contributed by atoms with Gasteiger partial charge in [0.1, 0.15) is 0 Å². The fourth-order valence-corrected chi connectivity index (χ4v) is 3.38. The van der Waals surface area contributed by atoms with E-state index in [1.807, 2.05) is 30.4 Å². The SMILES string of the molecule is O=C(O)[C@@H]1CC=CC[C@@H]1C(=O)N1CC=C(c2ccccc2)CC1. The van der Waals surface area contributed by atoms with Crippen LogP contribution in [0.4, 0.5) is 0 Å². The number of carbonyl (C=O) groups is 2. The topological polar surface area (TPSA) is 57.6 Å². The molecule has 1 N–H and O–H groups in total. The van der Waals surface area contributed by atoms with Gasteiger partial charge in [-0.05, 0) is 30.4 Å². The highest BCUT2D eigenvalue weighted by Gasteiger charge is 2.36. The van der Waals surface area contributed by atoms with Gasteiger partial charge in [0.25, 0.3) is 0 Å². The Hall–Kier alpha value is -2.36. The van der Waals surface area contributed by atoms with Gasteiger partial charge in [-0.2, -0.15) is 0 Å². The normalized spacial score (nSPS) is 24.2. The van der Waals surface area contributed by atoms with Gasteiger partial charge < -0.3 is 10.0 Å². The van der Waals surface area contributed by atoms with Gasteiger partial charge in [0.15, 0.2) is 0 Å². The highest BCUT2D eigenvalue weighted by molar-refractivity contribution is 5.86. The van der Waals surface area contributed by atoms with E-state index in [1.165, 1.54) is 11.1 Å². The lowest BCUT2D eigenvalue weighted by atomic mass is 9.82. The molecule has 1 aromatic carbocycles. The number of aliphatic carboxylic acids is 1. The van der Waals surface area contributed by atoms with E-state index in [2.05, 4.69) is 18.2 Å². The molecular formula is C19H21NO3. The van der Waals surface area contributed by atoms with Crippen molar-refractivity contribution in [1.82, 2.24) is 4.90 Å². The van der Waals surface area contributed by atoms with Gasteiger partial charge in [0.05, 0.1) is 11.8 Å². The van der Waals surface area contributed by atoms with Gasteiger partial charge in [-0.3, -0.25) is 9.59 Å². The van der Waals surface area contributed by atoms with Crippen molar-refractivity contribution in [2.24, 2.45) is 11.8 Å². The lowest BCUT2D eigenvalue weighted by Crippen LogP contribution is -2.43. The first-order valence-corrected chi connectivity index (χ1v) is 8.08. The molecule has 1 aliphatic heterocycles. The lowest BCUT2D eigenvalue weighted by molar-refractivity contribution is -0.150. The van der Waals surface area contributed by atoms with Crippen LogP contribution in [0.5, 0.6) is 0 Å². The van der Waals surface area contributed by atoms with Crippen LogP contribution in [0, 0.1) is 11.8 Å². The zero-order valence-electron chi connectivity index (χ0n) is 13.0. The van der Waals surface area contributed by atoms with Crippen LogP contribution in [0.3, 0.4) is 0 Å². The van der Waals surface area contributed by atoms with Crippen molar-refractivity contribution in [1.29, 1.82) is 0 Å². The number of carboxylic acid groups (broad SMARTS) is 1. The van der Waals surface area contributed by atoms with Crippen LogP contribution in [0.2, 0.25) is 0 Å². The average Bonchev–Trinajstić information content (AvgIpc) is 2.62. The molecule has 0 fully saturated rings. The molecule has 0 saturated heterocycles. The Labute approximate surface area is 136 Å². The maximum atomic E-state index is 12.7. The quantitative estimate of drug-likeness (QED) is 0.873. The Morgan fingerprint density at radius 1 is 1.04 bits per heavy atom. The number of nitrogens with zero attached hydrogens (tertiary/aromatic N) is 1. The van der Waals surface area contributed by atoms with Gasteiger partial charge in [0.2, 0.25) is 5.91 Å². The fraction of sp³-hybridized carbons (Fsp3) is 0.368. The van der Waals surface area contributed by atoms with Gasteiger partial charge in [-0.1, -0.05) is 48.6 Å². The Morgan fingerprint density at radius 2 is 1.74 bits per heavy atom. The summed E-state index contributed by atoms with van der Waals surface area (Å²) in [5.41, 5.74) is 2.46. The van der Waals surface area contributed by atoms with Crippen molar-refractivity contribution < 1.29 is 14.7 Å². The highest BCUT2D eigenvalue weighted by atomic mass is 16.4. The summed E-state index contributed by atoms with van der Waals surface area (Å²) in [6, 6.07) is 10.2. The molecule has 1 aromatic rings. The van der Waals surface area contributed by atoms with E-state index in [0.717, 1.165) is 6.42 Å². The average molecular weight is 311 g/mol. The van der Waals surface area contributed by atoms with Crippen molar-refractivity contribution in [2.75, 3.05) is 13.1 Å². The first-order chi connectivity index (χ1) is 11.2. The summed E-state index contributed by atoms with van der Waals surface area (Å²) in [6.45, 7) is 1.22. The Balaban J connectivity index is 1.69. The number of hydrogen-bond donors (Lipinski definition) is 1. The molecular weight excluding hydrogens is 290 g/mol. The molecule has 4 nitrogen and oxygen atoms in total. The maximum Gasteiger partial charge on any atom is 0.307 e. The number of amides is 1. The van der Waals surface area contributed by atoms with Crippen LogP contribution in [-0.4, -0.2) is 35.0 Å². The van der Waals surface area contributed by atoms with E-state index in [1.54, 1.807) is 4.90 Å². The molecule has 120 valence electrons. The smallest absolute Gasteiger partial charge is 0.307 e. The number of rotatable bonds is 3. The van der Waals surface area contributed by atoms with Crippen LogP contribution in [-0.2, 0) is 9.59 Å². The fourth-order valence-electron chi connectivity index (χ4n) is 3.38. The molecule has 1 heterocycles. The van der Waals surface area contributed by atoms with E-state index < -0.39 is 17.8 Å². The molecule has 23 heavy (non-hydrogen) atoms. The second kappa shape index (κ2) is 6.82. The van der Waals surface area contributed by atoms with Crippen molar-refractivity contribution >= 4 is 17.4 Å². The second-order valence-corrected chi connectivity index (χ2v) is 6.12. The molecule has 1 aliphatic carbocycles. The number of hydrogen-bond acceptors (Lipinski definition) is 2. The summed E-state index contributed by atoms with van der Waals surface area (Å²) in [7, 11) is 0. The zero-order chi connectivity index (χ0) is 16.2. The first kappa shape index (κ1) is 15.5. The van der Waals surface area contributed by atoms with Crippen LogP contribution in [0.25, 0.3) is 5.57 Å². The number of benzene rings is 1. The van der Waals surface area contributed by atoms with Crippen molar-refractivity contribution in [2.45, 2.75) is 19.3 Å². The summed E-state index contributed by atoms with van der Waals surface area (Å²) in [5.74, 6) is -1.91. The number of carbonyl (C=O) groups excluding carboxylic acids is 1. The first-order valence-electron chi connectivity index (χ1n) is 8.08. The molecule has 1 amide bonds. The van der Waals surface area contributed by atoms with E-state index in [4.69, 9.17) is 0 Å². The second-order valence-electron chi connectivity index (χ2n) is 6.12. The molecule has 2 atom stereocenters. The molecule has 0 saturated carbocycles. The van der Waals surface area contributed by atoms with Crippen LogP contribution in [0.15, 0.2) is 48.6 Å². The molecule has 3 rings (SSSR count). The summed E-state index contributed by atoms with van der Waals surface area (Å²) in [5, 5.41) is 9.33. The third-order valence-electron chi connectivity index (χ3n) is 4.73. The van der Waals surface area contributed by atoms with Gasteiger partial charge >= 0.3 is 5.97 Å². The predicted molar refractivity (Wildman–Crippen MR) is 88.6 cm³/mol. The van der Waals surface area contributed by atoms with Crippen LogP contribution < -0.4 is 0 Å². The summed E-state index contributed by atoms with van der Waals surface area (Å²) in [6.07, 6.45) is 7.68. The van der Waals surface area contributed by atoms with Gasteiger partial charge in [-0.25, -0.2) is 0 Å². The minimum absolute atomic E-state index is 0.0230. The molecule has 0 bridgehead atoms. The number of allylic oxidation sites excluding steroid dienone is 2. The van der Waals surface area contributed by atoms with Crippen molar-refractivity contribution in [3.8, 4) is 0 Å². The van der Waals surface area contributed by atoms with Gasteiger partial charge in [0, 0.05) is 13.1 Å². The van der Waals surface area contributed by atoms with Crippen molar-refractivity contribution in [3.63, 3.8) is 0 Å². The molecule has 4 heteroatoms. The zero-order valence-corrected chi connectivity index (χ0v) is 13.0. The van der Waals surface area contributed by atoms with E-state index in [0.29, 0.717) is 25.9 Å². The minimum Gasteiger partial charge on any atom is -0.481 e. The Morgan fingerprint density at radius 3 is 2.35 bits per heavy atom. The van der Waals surface area contributed by atoms with E-state index >= 15 is 0 Å². The maximum absolute atomic E-state index is 12.7.